The lowest BCUT2D eigenvalue weighted by atomic mass is 10.1. The maximum atomic E-state index is 11.7. The molecular formula is C20H34O6. The molecule has 6 heteroatoms. The van der Waals surface area contributed by atoms with Gasteiger partial charge in [0.25, 0.3) is 0 Å². The average molecular weight is 370 g/mol. The number of aliphatic hydroxyl groups is 2. The Balaban J connectivity index is 4.22. The van der Waals surface area contributed by atoms with Gasteiger partial charge in [-0.05, 0) is 26.7 Å². The van der Waals surface area contributed by atoms with Crippen LogP contribution in [0.4, 0.5) is 0 Å². The summed E-state index contributed by atoms with van der Waals surface area (Å²) in [6.45, 7) is 10.1. The van der Waals surface area contributed by atoms with Crippen LogP contribution >= 0.6 is 0 Å². The highest BCUT2D eigenvalue weighted by atomic mass is 16.8. The number of esters is 2. The molecule has 6 nitrogen and oxygen atoms in total. The first-order chi connectivity index (χ1) is 12.2. The average Bonchev–Trinajstić information content (AvgIpc) is 2.56. The summed E-state index contributed by atoms with van der Waals surface area (Å²) < 4.78 is 9.83. The molecule has 0 saturated heterocycles. The van der Waals surface area contributed by atoms with Crippen LogP contribution in [0.5, 0.6) is 0 Å². The molecule has 0 spiro atoms. The number of carbonyl (C=O) groups is 2. The summed E-state index contributed by atoms with van der Waals surface area (Å²) in [7, 11) is 0. The number of carbonyl (C=O) groups excluding carboxylic acids is 2. The molecule has 0 aromatic rings. The van der Waals surface area contributed by atoms with Crippen molar-refractivity contribution in [3.63, 3.8) is 0 Å². The molecule has 0 fully saturated rings. The molecule has 0 rings (SSSR count). The van der Waals surface area contributed by atoms with Crippen LogP contribution in [-0.4, -0.2) is 34.7 Å². The Morgan fingerprint density at radius 2 is 1.12 bits per heavy atom. The lowest BCUT2D eigenvalue weighted by Crippen LogP contribution is -2.40. The Bertz CT molecular complexity index is 441. The summed E-state index contributed by atoms with van der Waals surface area (Å²) in [5.74, 6) is -3.93. The second kappa shape index (κ2) is 13.5. The molecule has 2 N–H and O–H groups in total. The molecule has 0 heterocycles. The Morgan fingerprint density at radius 1 is 0.769 bits per heavy atom. The minimum absolute atomic E-state index is 0.00153. The van der Waals surface area contributed by atoms with E-state index in [-0.39, 0.29) is 24.2 Å². The van der Waals surface area contributed by atoms with Crippen LogP contribution in [0.25, 0.3) is 0 Å². The maximum absolute atomic E-state index is 11.7. The number of hydrogen-bond acceptors (Lipinski definition) is 6. The third-order valence-electron chi connectivity index (χ3n) is 3.85. The van der Waals surface area contributed by atoms with E-state index in [1.807, 2.05) is 0 Å². The summed E-state index contributed by atoms with van der Waals surface area (Å²) in [6.07, 6.45) is 8.78. The molecule has 0 unspecified atom stereocenters. The van der Waals surface area contributed by atoms with Crippen LogP contribution in [0.2, 0.25) is 0 Å². The molecule has 0 aliphatic rings. The van der Waals surface area contributed by atoms with E-state index < -0.39 is 17.9 Å². The topological polar surface area (TPSA) is 93.1 Å². The van der Waals surface area contributed by atoms with Crippen LogP contribution in [-0.2, 0) is 19.1 Å². The zero-order valence-corrected chi connectivity index (χ0v) is 16.2. The molecule has 0 atom stereocenters. The maximum Gasteiger partial charge on any atom is 0.373 e. The van der Waals surface area contributed by atoms with E-state index in [9.17, 15) is 14.7 Å². The van der Waals surface area contributed by atoms with Gasteiger partial charge in [-0.3, -0.25) is 0 Å². The van der Waals surface area contributed by atoms with Gasteiger partial charge in [-0.15, -0.1) is 0 Å². The van der Waals surface area contributed by atoms with Gasteiger partial charge in [-0.25, -0.2) is 9.59 Å². The lowest BCUT2D eigenvalue weighted by molar-refractivity contribution is -0.325. The number of unbranched alkanes of at least 4 members (excludes halogenated alkanes) is 8. The normalized spacial score (nSPS) is 11.1. The van der Waals surface area contributed by atoms with Gasteiger partial charge in [0.1, 0.15) is 0 Å². The zero-order valence-electron chi connectivity index (χ0n) is 16.2. The Hall–Kier alpha value is -1.66. The summed E-state index contributed by atoms with van der Waals surface area (Å²) in [5, 5.41) is 19.1. The summed E-state index contributed by atoms with van der Waals surface area (Å²) in [6, 6.07) is 0. The zero-order chi connectivity index (χ0) is 20.0. The van der Waals surface area contributed by atoms with E-state index in [0.29, 0.717) is 6.42 Å². The van der Waals surface area contributed by atoms with Gasteiger partial charge in [0.2, 0.25) is 0 Å². The molecule has 0 bridgehead atoms. The van der Waals surface area contributed by atoms with E-state index >= 15 is 0 Å². The molecular weight excluding hydrogens is 336 g/mol. The standard InChI is InChI=1S/C20H34O6/c1-16(2)18(22)25-20(24,26-19(23)17(3)4)14-12-10-8-6-5-7-9-11-13-15-21/h21,24H,1,3,5-15H2,2,4H3. The first kappa shape index (κ1) is 24.3. The van der Waals surface area contributed by atoms with E-state index in [1.165, 1.54) is 13.8 Å². The fraction of sp³-hybridized carbons (Fsp3) is 0.700. The molecule has 0 radical (unpaired) electrons. The van der Waals surface area contributed by atoms with E-state index in [4.69, 9.17) is 14.6 Å². The van der Waals surface area contributed by atoms with Gasteiger partial charge < -0.3 is 19.7 Å². The number of hydrogen-bond donors (Lipinski definition) is 2. The minimum Gasteiger partial charge on any atom is -0.396 e. The van der Waals surface area contributed by atoms with Crippen molar-refractivity contribution >= 4 is 11.9 Å². The van der Waals surface area contributed by atoms with Crippen molar-refractivity contribution in [1.29, 1.82) is 0 Å². The van der Waals surface area contributed by atoms with Crippen molar-refractivity contribution in [2.75, 3.05) is 6.61 Å². The van der Waals surface area contributed by atoms with Crippen LogP contribution in [0.15, 0.2) is 24.3 Å². The second-order valence-corrected chi connectivity index (χ2v) is 6.71. The predicted molar refractivity (Wildman–Crippen MR) is 100 cm³/mol. The van der Waals surface area contributed by atoms with Crippen molar-refractivity contribution in [3.05, 3.63) is 24.3 Å². The highest BCUT2D eigenvalue weighted by molar-refractivity contribution is 5.88. The Kier molecular flexibility index (Phi) is 12.7. The summed E-state index contributed by atoms with van der Waals surface area (Å²) in [4.78, 5) is 23.4. The molecule has 0 saturated carbocycles. The monoisotopic (exact) mass is 370 g/mol. The van der Waals surface area contributed by atoms with Gasteiger partial charge in [-0.1, -0.05) is 58.1 Å². The molecule has 26 heavy (non-hydrogen) atoms. The largest absolute Gasteiger partial charge is 0.396 e. The minimum atomic E-state index is -2.30. The first-order valence-corrected chi connectivity index (χ1v) is 9.33. The first-order valence-electron chi connectivity index (χ1n) is 9.33. The molecule has 0 aromatic carbocycles. The van der Waals surface area contributed by atoms with E-state index in [0.717, 1.165) is 51.4 Å². The van der Waals surface area contributed by atoms with Gasteiger partial charge in [0.05, 0.1) is 6.42 Å². The number of rotatable bonds is 15. The molecule has 0 aliphatic heterocycles. The van der Waals surface area contributed by atoms with E-state index in [1.54, 1.807) is 0 Å². The third kappa shape index (κ3) is 11.8. The van der Waals surface area contributed by atoms with Crippen LogP contribution in [0.3, 0.4) is 0 Å². The van der Waals surface area contributed by atoms with Crippen molar-refractivity contribution < 1.29 is 29.3 Å². The van der Waals surface area contributed by atoms with Crippen LogP contribution < -0.4 is 0 Å². The summed E-state index contributed by atoms with van der Waals surface area (Å²) >= 11 is 0. The van der Waals surface area contributed by atoms with Gasteiger partial charge in [0, 0.05) is 17.8 Å². The van der Waals surface area contributed by atoms with Crippen molar-refractivity contribution in [3.8, 4) is 0 Å². The van der Waals surface area contributed by atoms with Gasteiger partial charge in [-0.2, -0.15) is 0 Å². The molecule has 0 aromatic heterocycles. The summed E-state index contributed by atoms with van der Waals surface area (Å²) in [5.41, 5.74) is 0.215. The smallest absolute Gasteiger partial charge is 0.373 e. The SMILES string of the molecule is C=C(C)C(=O)OC(O)(CCCCCCCCCCCO)OC(=O)C(=C)C. The fourth-order valence-corrected chi connectivity index (χ4v) is 2.28. The predicted octanol–water partition coefficient (Wildman–Crippen LogP) is 3.76. The number of ether oxygens (including phenoxy) is 2. The quantitative estimate of drug-likeness (QED) is 0.197. The van der Waals surface area contributed by atoms with Gasteiger partial charge >= 0.3 is 17.9 Å². The van der Waals surface area contributed by atoms with Crippen molar-refractivity contribution in [2.45, 2.75) is 84.0 Å². The van der Waals surface area contributed by atoms with Crippen molar-refractivity contribution in [2.24, 2.45) is 0 Å². The van der Waals surface area contributed by atoms with Crippen LogP contribution in [0, 0.1) is 0 Å². The Morgan fingerprint density at radius 3 is 1.46 bits per heavy atom. The molecule has 0 amide bonds. The van der Waals surface area contributed by atoms with E-state index in [2.05, 4.69) is 13.2 Å². The highest BCUT2D eigenvalue weighted by Gasteiger charge is 2.36. The highest BCUT2D eigenvalue weighted by Crippen LogP contribution is 2.22. The van der Waals surface area contributed by atoms with Crippen molar-refractivity contribution in [1.82, 2.24) is 0 Å². The van der Waals surface area contributed by atoms with Gasteiger partial charge in [0.15, 0.2) is 0 Å². The molecule has 0 aliphatic carbocycles. The fourth-order valence-electron chi connectivity index (χ4n) is 2.28. The second-order valence-electron chi connectivity index (χ2n) is 6.71. The number of aliphatic hydroxyl groups excluding tert-OH is 1. The van der Waals surface area contributed by atoms with Crippen LogP contribution in [0.1, 0.15) is 78.1 Å². The third-order valence-corrected chi connectivity index (χ3v) is 3.85. The lowest BCUT2D eigenvalue weighted by Gasteiger charge is -2.27. The Labute approximate surface area is 156 Å². The molecule has 150 valence electrons.